The van der Waals surface area contributed by atoms with Gasteiger partial charge in [0.1, 0.15) is 12.3 Å². The van der Waals surface area contributed by atoms with Crippen molar-refractivity contribution < 1.29 is 9.53 Å². The number of pyridine rings is 1. The van der Waals surface area contributed by atoms with E-state index < -0.39 is 5.97 Å². The second-order valence-corrected chi connectivity index (χ2v) is 6.10. The van der Waals surface area contributed by atoms with Gasteiger partial charge in [-0.25, -0.2) is 14.5 Å². The summed E-state index contributed by atoms with van der Waals surface area (Å²) in [6, 6.07) is 10.7. The van der Waals surface area contributed by atoms with E-state index in [0.29, 0.717) is 16.5 Å². The van der Waals surface area contributed by atoms with Crippen LogP contribution in [0.3, 0.4) is 0 Å². The summed E-state index contributed by atoms with van der Waals surface area (Å²) in [5, 5.41) is 4.98. The van der Waals surface area contributed by atoms with Crippen LogP contribution in [0.15, 0.2) is 53.6 Å². The van der Waals surface area contributed by atoms with Gasteiger partial charge in [-0.15, -0.1) is 0 Å². The topological polar surface area (TPSA) is 78.5 Å². The lowest BCUT2D eigenvalue weighted by atomic mass is 10.1. The van der Waals surface area contributed by atoms with E-state index in [0.717, 1.165) is 15.9 Å². The van der Waals surface area contributed by atoms with Crippen LogP contribution in [-0.2, 0) is 18.4 Å². The number of ether oxygens (including phenoxy) is 1. The van der Waals surface area contributed by atoms with Crippen molar-refractivity contribution in [1.29, 1.82) is 0 Å². The quantitative estimate of drug-likeness (QED) is 0.531. The number of aryl methyl sites for hydroxylation is 2. The molecule has 0 spiro atoms. The Balaban J connectivity index is 1.63. The van der Waals surface area contributed by atoms with Crippen molar-refractivity contribution in [3.63, 3.8) is 0 Å². The van der Waals surface area contributed by atoms with E-state index in [1.807, 2.05) is 35.9 Å². The Labute approximate surface area is 148 Å². The Morgan fingerprint density at radius 2 is 1.88 bits per heavy atom. The fraction of sp³-hybridized carbons (Fsp3) is 0.158. The molecule has 0 aliphatic heterocycles. The van der Waals surface area contributed by atoms with Crippen molar-refractivity contribution in [2.75, 3.05) is 0 Å². The normalized spacial score (nSPS) is 11.2. The molecule has 130 valence electrons. The molecule has 7 heteroatoms. The summed E-state index contributed by atoms with van der Waals surface area (Å²) in [6.07, 6.45) is 3.78. The summed E-state index contributed by atoms with van der Waals surface area (Å²) < 4.78 is 8.42. The number of aromatic nitrogens is 4. The van der Waals surface area contributed by atoms with Crippen LogP contribution < -0.4 is 5.56 Å². The maximum Gasteiger partial charge on any atom is 0.359 e. The number of benzene rings is 1. The minimum Gasteiger partial charge on any atom is -0.454 e. The van der Waals surface area contributed by atoms with Crippen molar-refractivity contribution >= 4 is 22.4 Å². The number of rotatable bonds is 3. The second-order valence-electron chi connectivity index (χ2n) is 6.10. The Morgan fingerprint density at radius 1 is 1.12 bits per heavy atom. The average molecular weight is 348 g/mol. The summed E-state index contributed by atoms with van der Waals surface area (Å²) in [4.78, 5) is 29.1. The fourth-order valence-corrected chi connectivity index (χ4v) is 2.88. The number of hydrogen-bond donors (Lipinski definition) is 0. The van der Waals surface area contributed by atoms with Gasteiger partial charge in [0.15, 0.2) is 5.69 Å². The molecule has 0 unspecified atom stereocenters. The number of esters is 1. The number of carbonyl (C=O) groups excluding carboxylic acids is 1. The highest BCUT2D eigenvalue weighted by atomic mass is 16.5. The van der Waals surface area contributed by atoms with E-state index in [4.69, 9.17) is 4.74 Å². The van der Waals surface area contributed by atoms with Crippen LogP contribution in [-0.4, -0.2) is 25.1 Å². The molecular weight excluding hydrogens is 332 g/mol. The molecule has 26 heavy (non-hydrogen) atoms. The Kier molecular flexibility index (Phi) is 3.76. The Morgan fingerprint density at radius 3 is 2.69 bits per heavy atom. The summed E-state index contributed by atoms with van der Waals surface area (Å²) in [5.74, 6) is -0.593. The molecule has 0 bridgehead atoms. The largest absolute Gasteiger partial charge is 0.454 e. The van der Waals surface area contributed by atoms with Gasteiger partial charge in [0.2, 0.25) is 0 Å². The first-order valence-corrected chi connectivity index (χ1v) is 8.10. The highest BCUT2D eigenvalue weighted by molar-refractivity contribution is 6.02. The maximum atomic E-state index is 12.5. The molecule has 0 saturated heterocycles. The van der Waals surface area contributed by atoms with Crippen LogP contribution in [0.4, 0.5) is 0 Å². The molecule has 1 aromatic carbocycles. The molecule has 7 nitrogen and oxygen atoms in total. The van der Waals surface area contributed by atoms with Gasteiger partial charge in [-0.05, 0) is 24.6 Å². The number of hydrogen-bond acceptors (Lipinski definition) is 5. The molecule has 0 aliphatic rings. The van der Waals surface area contributed by atoms with Gasteiger partial charge in [-0.2, -0.15) is 5.10 Å². The molecule has 0 fully saturated rings. The number of fused-ring (bicyclic) bond motifs is 2. The summed E-state index contributed by atoms with van der Waals surface area (Å²) in [5.41, 5.74) is 2.39. The van der Waals surface area contributed by atoms with E-state index >= 15 is 0 Å². The molecule has 0 N–H and O–H groups in total. The molecule has 0 atom stereocenters. The van der Waals surface area contributed by atoms with Gasteiger partial charge in [-0.3, -0.25) is 4.79 Å². The average Bonchev–Trinajstić information content (AvgIpc) is 3.04. The number of imidazole rings is 1. The Bertz CT molecular complexity index is 1210. The van der Waals surface area contributed by atoms with Gasteiger partial charge in [0, 0.05) is 24.8 Å². The van der Waals surface area contributed by atoms with Crippen LogP contribution >= 0.6 is 0 Å². The zero-order chi connectivity index (χ0) is 18.3. The van der Waals surface area contributed by atoms with Gasteiger partial charge in [0.05, 0.1) is 11.1 Å². The number of carbonyl (C=O) groups is 1. The van der Waals surface area contributed by atoms with Crippen molar-refractivity contribution in [3.8, 4) is 0 Å². The monoisotopic (exact) mass is 348 g/mol. The lowest BCUT2D eigenvalue weighted by Gasteiger charge is -2.07. The minimum absolute atomic E-state index is 0.0262. The van der Waals surface area contributed by atoms with E-state index in [-0.39, 0.29) is 17.9 Å². The molecular formula is C19H16N4O3. The minimum atomic E-state index is -0.593. The highest BCUT2D eigenvalue weighted by Gasteiger charge is 2.17. The van der Waals surface area contributed by atoms with E-state index in [2.05, 4.69) is 10.1 Å². The smallest absolute Gasteiger partial charge is 0.359 e. The summed E-state index contributed by atoms with van der Waals surface area (Å²) in [7, 11) is 1.51. The molecule has 0 aliphatic carbocycles. The first-order valence-electron chi connectivity index (χ1n) is 8.10. The van der Waals surface area contributed by atoms with Gasteiger partial charge >= 0.3 is 5.97 Å². The van der Waals surface area contributed by atoms with Crippen LogP contribution in [0.5, 0.6) is 0 Å². The predicted molar refractivity (Wildman–Crippen MR) is 96.0 cm³/mol. The molecule has 0 amide bonds. The first kappa shape index (κ1) is 16.0. The maximum absolute atomic E-state index is 12.5. The van der Waals surface area contributed by atoms with Crippen molar-refractivity contribution in [2.45, 2.75) is 13.5 Å². The van der Waals surface area contributed by atoms with Crippen LogP contribution in [0, 0.1) is 6.92 Å². The summed E-state index contributed by atoms with van der Waals surface area (Å²) >= 11 is 0. The van der Waals surface area contributed by atoms with Crippen molar-refractivity contribution in [3.05, 3.63) is 76.1 Å². The van der Waals surface area contributed by atoms with Gasteiger partial charge in [0.25, 0.3) is 5.56 Å². The third-order valence-electron chi connectivity index (χ3n) is 4.15. The van der Waals surface area contributed by atoms with Crippen LogP contribution in [0.2, 0.25) is 0 Å². The highest BCUT2D eigenvalue weighted by Crippen LogP contribution is 2.15. The van der Waals surface area contributed by atoms with Crippen molar-refractivity contribution in [1.82, 2.24) is 19.2 Å². The molecule has 4 aromatic rings. The van der Waals surface area contributed by atoms with E-state index in [9.17, 15) is 9.59 Å². The van der Waals surface area contributed by atoms with Crippen molar-refractivity contribution in [2.24, 2.45) is 7.05 Å². The standard InChI is InChI=1S/C19H16N4O3/c1-12-7-8-16-20-13(10-23(16)9-12)11-26-19(25)17-14-5-3-4-6-15(14)18(24)22(2)21-17/h3-10H,11H2,1-2H3. The van der Waals surface area contributed by atoms with E-state index in [1.165, 1.54) is 7.05 Å². The summed E-state index contributed by atoms with van der Waals surface area (Å²) in [6.45, 7) is 2.02. The third kappa shape index (κ3) is 2.73. The third-order valence-corrected chi connectivity index (χ3v) is 4.15. The Hall–Kier alpha value is -3.48. The molecule has 3 aromatic heterocycles. The van der Waals surface area contributed by atoms with Crippen LogP contribution in [0.1, 0.15) is 21.7 Å². The second kappa shape index (κ2) is 6.11. The zero-order valence-corrected chi connectivity index (χ0v) is 14.3. The fourth-order valence-electron chi connectivity index (χ4n) is 2.88. The SMILES string of the molecule is Cc1ccc2nc(COC(=O)c3nn(C)c(=O)c4ccccc34)cn2c1. The number of nitrogens with zero attached hydrogens (tertiary/aromatic N) is 4. The molecule has 0 saturated carbocycles. The molecule has 4 rings (SSSR count). The lowest BCUT2D eigenvalue weighted by molar-refractivity contribution is 0.0461. The zero-order valence-electron chi connectivity index (χ0n) is 14.3. The van der Waals surface area contributed by atoms with Gasteiger partial charge in [-0.1, -0.05) is 24.3 Å². The lowest BCUT2D eigenvalue weighted by Crippen LogP contribution is -2.23. The van der Waals surface area contributed by atoms with Gasteiger partial charge < -0.3 is 9.14 Å². The molecule has 3 heterocycles. The van der Waals surface area contributed by atoms with Crippen LogP contribution in [0.25, 0.3) is 16.4 Å². The predicted octanol–water partition coefficient (Wildman–Crippen LogP) is 2.25. The molecule has 0 radical (unpaired) electrons. The van der Waals surface area contributed by atoms with E-state index in [1.54, 1.807) is 24.3 Å². The first-order chi connectivity index (χ1) is 12.5.